The second-order valence-corrected chi connectivity index (χ2v) is 3.73. The lowest BCUT2D eigenvalue weighted by molar-refractivity contribution is 0.102. The van der Waals surface area contributed by atoms with Gasteiger partial charge in [0.15, 0.2) is 0 Å². The minimum atomic E-state index is -0.252. The number of nitrogens with one attached hydrogen (secondary N) is 2. The molecule has 2 aromatic rings. The van der Waals surface area contributed by atoms with E-state index in [2.05, 4.69) is 20.7 Å². The SMILES string of the molecule is CCNc1cccc(C(=O)Nc2ccnn2C)n1. The van der Waals surface area contributed by atoms with Gasteiger partial charge in [0.2, 0.25) is 0 Å². The largest absolute Gasteiger partial charge is 0.370 e. The van der Waals surface area contributed by atoms with Gasteiger partial charge in [0, 0.05) is 19.7 Å². The van der Waals surface area contributed by atoms with Crippen LogP contribution in [0, 0.1) is 0 Å². The molecule has 0 aliphatic carbocycles. The molecule has 0 bridgehead atoms. The van der Waals surface area contributed by atoms with E-state index < -0.39 is 0 Å². The fourth-order valence-electron chi connectivity index (χ4n) is 1.52. The minimum absolute atomic E-state index is 0.252. The number of nitrogens with zero attached hydrogens (tertiary/aromatic N) is 3. The first-order valence-electron chi connectivity index (χ1n) is 5.71. The number of hydrogen-bond donors (Lipinski definition) is 2. The van der Waals surface area contributed by atoms with Crippen molar-refractivity contribution >= 4 is 17.5 Å². The monoisotopic (exact) mass is 245 g/mol. The van der Waals surface area contributed by atoms with E-state index >= 15 is 0 Å². The predicted octanol–water partition coefficient (Wildman–Crippen LogP) is 1.50. The Morgan fingerprint density at radius 2 is 2.22 bits per heavy atom. The van der Waals surface area contributed by atoms with Crippen molar-refractivity contribution in [3.63, 3.8) is 0 Å². The van der Waals surface area contributed by atoms with Crippen LogP contribution in [0.3, 0.4) is 0 Å². The van der Waals surface area contributed by atoms with Crippen LogP contribution in [-0.2, 0) is 7.05 Å². The lowest BCUT2D eigenvalue weighted by Gasteiger charge is -2.06. The second kappa shape index (κ2) is 5.31. The van der Waals surface area contributed by atoms with Gasteiger partial charge in [-0.05, 0) is 19.1 Å². The minimum Gasteiger partial charge on any atom is -0.370 e. The summed E-state index contributed by atoms with van der Waals surface area (Å²) in [5, 5.41) is 9.79. The molecule has 2 heterocycles. The summed E-state index contributed by atoms with van der Waals surface area (Å²) in [5.41, 5.74) is 0.370. The molecule has 0 atom stereocenters. The Balaban J connectivity index is 2.14. The number of carbonyl (C=O) groups is 1. The normalized spacial score (nSPS) is 10.1. The van der Waals surface area contributed by atoms with Crippen LogP contribution in [0.5, 0.6) is 0 Å². The first-order valence-corrected chi connectivity index (χ1v) is 5.71. The third kappa shape index (κ3) is 2.65. The zero-order chi connectivity index (χ0) is 13.0. The molecule has 18 heavy (non-hydrogen) atoms. The zero-order valence-corrected chi connectivity index (χ0v) is 10.3. The molecule has 0 saturated heterocycles. The van der Waals surface area contributed by atoms with Crippen molar-refractivity contribution in [3.8, 4) is 0 Å². The summed E-state index contributed by atoms with van der Waals surface area (Å²) >= 11 is 0. The number of aryl methyl sites for hydroxylation is 1. The molecule has 1 amide bonds. The summed E-state index contributed by atoms with van der Waals surface area (Å²) in [6.45, 7) is 2.74. The van der Waals surface area contributed by atoms with Crippen LogP contribution in [0.1, 0.15) is 17.4 Å². The molecule has 0 spiro atoms. The third-order valence-corrected chi connectivity index (χ3v) is 2.40. The van der Waals surface area contributed by atoms with Crippen molar-refractivity contribution in [1.82, 2.24) is 14.8 Å². The number of amides is 1. The van der Waals surface area contributed by atoms with Crippen molar-refractivity contribution in [2.45, 2.75) is 6.92 Å². The average molecular weight is 245 g/mol. The molecular formula is C12H15N5O. The molecule has 94 valence electrons. The Labute approximate surface area is 105 Å². The molecule has 0 saturated carbocycles. The Bertz CT molecular complexity index is 549. The third-order valence-electron chi connectivity index (χ3n) is 2.40. The van der Waals surface area contributed by atoms with Crippen LogP contribution in [-0.4, -0.2) is 27.2 Å². The summed E-state index contributed by atoms with van der Waals surface area (Å²) in [4.78, 5) is 16.2. The quantitative estimate of drug-likeness (QED) is 0.856. The molecule has 2 rings (SSSR count). The zero-order valence-electron chi connectivity index (χ0n) is 10.3. The average Bonchev–Trinajstić information content (AvgIpc) is 2.76. The highest BCUT2D eigenvalue weighted by atomic mass is 16.2. The maximum atomic E-state index is 12.0. The number of hydrogen-bond acceptors (Lipinski definition) is 4. The molecule has 0 unspecified atom stereocenters. The second-order valence-electron chi connectivity index (χ2n) is 3.73. The molecule has 0 aliphatic rings. The number of rotatable bonds is 4. The number of aromatic nitrogens is 3. The summed E-state index contributed by atoms with van der Waals surface area (Å²) in [6.07, 6.45) is 1.62. The molecule has 0 radical (unpaired) electrons. The smallest absolute Gasteiger partial charge is 0.275 e. The molecule has 6 nitrogen and oxygen atoms in total. The lowest BCUT2D eigenvalue weighted by atomic mass is 10.3. The molecule has 2 N–H and O–H groups in total. The molecule has 0 aromatic carbocycles. The van der Waals surface area contributed by atoms with E-state index in [9.17, 15) is 4.79 Å². The Hall–Kier alpha value is -2.37. The van der Waals surface area contributed by atoms with Crippen LogP contribution in [0.25, 0.3) is 0 Å². The van der Waals surface area contributed by atoms with Crippen LogP contribution in [0.4, 0.5) is 11.6 Å². The Morgan fingerprint density at radius 1 is 1.39 bits per heavy atom. The van der Waals surface area contributed by atoms with Gasteiger partial charge in [-0.2, -0.15) is 5.10 Å². The van der Waals surface area contributed by atoms with Gasteiger partial charge < -0.3 is 10.6 Å². The van der Waals surface area contributed by atoms with Gasteiger partial charge in [0.1, 0.15) is 17.3 Å². The van der Waals surface area contributed by atoms with Gasteiger partial charge >= 0.3 is 0 Å². The number of carbonyl (C=O) groups excluding carboxylic acids is 1. The van der Waals surface area contributed by atoms with Gasteiger partial charge in [0.05, 0.1) is 6.20 Å². The first-order chi connectivity index (χ1) is 8.70. The maximum Gasteiger partial charge on any atom is 0.275 e. The number of anilines is 2. The van der Waals surface area contributed by atoms with Gasteiger partial charge in [-0.25, -0.2) is 4.98 Å². The van der Waals surface area contributed by atoms with E-state index in [0.29, 0.717) is 17.3 Å². The van der Waals surface area contributed by atoms with Crippen LogP contribution >= 0.6 is 0 Å². The highest BCUT2D eigenvalue weighted by Crippen LogP contribution is 2.08. The Morgan fingerprint density at radius 3 is 2.89 bits per heavy atom. The molecule has 6 heteroatoms. The number of pyridine rings is 1. The van der Waals surface area contributed by atoms with Gasteiger partial charge in [-0.3, -0.25) is 9.48 Å². The summed E-state index contributed by atoms with van der Waals surface area (Å²) in [6, 6.07) is 7.02. The van der Waals surface area contributed by atoms with Gasteiger partial charge in [0.25, 0.3) is 5.91 Å². The van der Waals surface area contributed by atoms with Crippen molar-refractivity contribution in [2.24, 2.45) is 7.05 Å². The van der Waals surface area contributed by atoms with Crippen LogP contribution < -0.4 is 10.6 Å². The molecular weight excluding hydrogens is 230 g/mol. The van der Waals surface area contributed by atoms with E-state index in [1.165, 1.54) is 0 Å². The van der Waals surface area contributed by atoms with Crippen LogP contribution in [0.15, 0.2) is 30.5 Å². The summed E-state index contributed by atoms with van der Waals surface area (Å²) in [5.74, 6) is 1.07. The first kappa shape index (κ1) is 12.1. The highest BCUT2D eigenvalue weighted by Gasteiger charge is 2.09. The van der Waals surface area contributed by atoms with E-state index in [4.69, 9.17) is 0 Å². The van der Waals surface area contributed by atoms with Gasteiger partial charge in [-0.15, -0.1) is 0 Å². The van der Waals surface area contributed by atoms with Gasteiger partial charge in [-0.1, -0.05) is 6.07 Å². The summed E-state index contributed by atoms with van der Waals surface area (Å²) < 4.78 is 1.59. The Kier molecular flexibility index (Phi) is 3.57. The van der Waals surface area contributed by atoms with E-state index in [0.717, 1.165) is 6.54 Å². The van der Waals surface area contributed by atoms with Crippen molar-refractivity contribution in [3.05, 3.63) is 36.2 Å². The van der Waals surface area contributed by atoms with E-state index in [1.807, 2.05) is 13.0 Å². The molecule has 0 aliphatic heterocycles. The maximum absolute atomic E-state index is 12.0. The van der Waals surface area contributed by atoms with Crippen molar-refractivity contribution in [2.75, 3.05) is 17.2 Å². The fraction of sp³-hybridized carbons (Fsp3) is 0.250. The molecule has 2 aromatic heterocycles. The summed E-state index contributed by atoms with van der Waals surface area (Å²) in [7, 11) is 1.76. The topological polar surface area (TPSA) is 71.8 Å². The molecule has 0 fully saturated rings. The van der Waals surface area contributed by atoms with Crippen molar-refractivity contribution in [1.29, 1.82) is 0 Å². The predicted molar refractivity (Wildman–Crippen MR) is 69.6 cm³/mol. The van der Waals surface area contributed by atoms with Crippen LogP contribution in [0.2, 0.25) is 0 Å². The van der Waals surface area contributed by atoms with E-state index in [-0.39, 0.29) is 5.91 Å². The van der Waals surface area contributed by atoms with Crippen molar-refractivity contribution < 1.29 is 4.79 Å². The fourth-order valence-corrected chi connectivity index (χ4v) is 1.52. The lowest BCUT2D eigenvalue weighted by Crippen LogP contribution is -2.16. The van der Waals surface area contributed by atoms with E-state index in [1.54, 1.807) is 36.1 Å². The highest BCUT2D eigenvalue weighted by molar-refractivity contribution is 6.02. The standard InChI is InChI=1S/C12H15N5O/c1-3-13-10-6-4-5-9(15-10)12(18)16-11-7-8-14-17(11)2/h4-8H,3H2,1-2H3,(H,13,15)(H,16,18).